The van der Waals surface area contributed by atoms with Crippen LogP contribution in [0.4, 0.5) is 0 Å². The lowest BCUT2D eigenvalue weighted by Crippen LogP contribution is -2.04. The summed E-state index contributed by atoms with van der Waals surface area (Å²) in [5, 5.41) is 0.767. The van der Waals surface area contributed by atoms with Gasteiger partial charge in [-0.25, -0.2) is 0 Å². The van der Waals surface area contributed by atoms with E-state index in [1.807, 2.05) is 12.1 Å². The lowest BCUT2D eigenvalue weighted by molar-refractivity contribution is 0.734. The third-order valence-corrected chi connectivity index (χ3v) is 2.98. The molecular formula is C10H13BrClN. The molecule has 0 spiro atoms. The van der Waals surface area contributed by atoms with Crippen LogP contribution in [0, 0.1) is 0 Å². The van der Waals surface area contributed by atoms with Crippen molar-refractivity contribution in [1.29, 1.82) is 0 Å². The summed E-state index contributed by atoms with van der Waals surface area (Å²) in [4.78, 5) is 4.73. The Bertz CT molecular complexity index is 265. The van der Waals surface area contributed by atoms with Gasteiger partial charge in [-0.2, -0.15) is 0 Å². The van der Waals surface area contributed by atoms with E-state index in [0.717, 1.165) is 23.6 Å². The Labute approximate surface area is 92.6 Å². The van der Waals surface area contributed by atoms with Crippen molar-refractivity contribution in [2.45, 2.75) is 31.0 Å². The van der Waals surface area contributed by atoms with Gasteiger partial charge < -0.3 is 0 Å². The van der Waals surface area contributed by atoms with Crippen molar-refractivity contribution in [2.24, 2.45) is 0 Å². The van der Waals surface area contributed by atoms with Gasteiger partial charge in [0.05, 0.1) is 10.7 Å². The molecule has 0 aliphatic carbocycles. The summed E-state index contributed by atoms with van der Waals surface area (Å²) in [5.41, 5.74) is 0.986. The summed E-state index contributed by atoms with van der Waals surface area (Å²) < 4.78 is 0. The summed E-state index contributed by atoms with van der Waals surface area (Å²) in [5.74, 6) is 0. The fraction of sp³-hybridized carbons (Fsp3) is 0.500. The molecule has 0 amide bonds. The van der Waals surface area contributed by atoms with Gasteiger partial charge in [-0.05, 0) is 18.6 Å². The van der Waals surface area contributed by atoms with E-state index < -0.39 is 0 Å². The summed E-state index contributed by atoms with van der Waals surface area (Å²) in [7, 11) is 0. The Kier molecular flexibility index (Phi) is 4.74. The summed E-state index contributed by atoms with van der Waals surface area (Å²) in [6, 6.07) is 3.74. The summed E-state index contributed by atoms with van der Waals surface area (Å²) >= 11 is 9.60. The fourth-order valence-electron chi connectivity index (χ4n) is 1.19. The van der Waals surface area contributed by atoms with Crippen LogP contribution in [0.2, 0.25) is 5.02 Å². The Morgan fingerprint density at radius 1 is 1.62 bits per heavy atom. The van der Waals surface area contributed by atoms with Gasteiger partial charge in [0.25, 0.3) is 0 Å². The molecular weight excluding hydrogens is 249 g/mol. The summed E-state index contributed by atoms with van der Waals surface area (Å²) in [6.07, 6.45) is 5.04. The highest BCUT2D eigenvalue weighted by molar-refractivity contribution is 9.09. The van der Waals surface area contributed by atoms with Gasteiger partial charge in [0, 0.05) is 17.4 Å². The Morgan fingerprint density at radius 3 is 3.00 bits per heavy atom. The highest BCUT2D eigenvalue weighted by atomic mass is 79.9. The van der Waals surface area contributed by atoms with Gasteiger partial charge in [0.15, 0.2) is 0 Å². The molecule has 0 N–H and O–H groups in total. The maximum Gasteiger partial charge on any atom is 0.0621 e. The van der Waals surface area contributed by atoms with Crippen LogP contribution in [-0.2, 0) is 6.42 Å². The van der Waals surface area contributed by atoms with Crippen molar-refractivity contribution >= 4 is 27.5 Å². The largest absolute Gasteiger partial charge is 0.260 e. The maximum absolute atomic E-state index is 5.99. The molecule has 1 rings (SSSR count). The number of hydrogen-bond donors (Lipinski definition) is 0. The van der Waals surface area contributed by atoms with Crippen LogP contribution < -0.4 is 0 Å². The van der Waals surface area contributed by atoms with Crippen LogP contribution in [0.1, 0.15) is 25.5 Å². The molecule has 0 aliphatic rings. The van der Waals surface area contributed by atoms with E-state index in [1.165, 1.54) is 6.42 Å². The first-order chi connectivity index (χ1) is 6.24. The predicted molar refractivity (Wildman–Crippen MR) is 60.6 cm³/mol. The second-order valence-electron chi connectivity index (χ2n) is 3.02. The Morgan fingerprint density at radius 2 is 2.38 bits per heavy atom. The van der Waals surface area contributed by atoms with Crippen molar-refractivity contribution in [2.75, 3.05) is 0 Å². The number of rotatable bonds is 4. The van der Waals surface area contributed by atoms with Crippen LogP contribution in [0.25, 0.3) is 0 Å². The fourth-order valence-corrected chi connectivity index (χ4v) is 2.16. The normalized spacial score (nSPS) is 12.8. The molecule has 0 saturated heterocycles. The minimum Gasteiger partial charge on any atom is -0.260 e. The van der Waals surface area contributed by atoms with Crippen molar-refractivity contribution in [3.63, 3.8) is 0 Å². The summed E-state index contributed by atoms with van der Waals surface area (Å²) in [6.45, 7) is 2.17. The first kappa shape index (κ1) is 11.0. The predicted octanol–water partition coefficient (Wildman–Crippen LogP) is 3.84. The molecule has 1 atom stereocenters. The molecule has 0 aliphatic heterocycles. The molecule has 13 heavy (non-hydrogen) atoms. The lowest BCUT2D eigenvalue weighted by atomic mass is 10.1. The van der Waals surface area contributed by atoms with Gasteiger partial charge in [-0.1, -0.05) is 40.9 Å². The van der Waals surface area contributed by atoms with Gasteiger partial charge in [0.2, 0.25) is 0 Å². The average molecular weight is 263 g/mol. The topological polar surface area (TPSA) is 12.9 Å². The molecule has 3 heteroatoms. The van der Waals surface area contributed by atoms with Crippen molar-refractivity contribution < 1.29 is 0 Å². The maximum atomic E-state index is 5.99. The van der Waals surface area contributed by atoms with Gasteiger partial charge in [-0.15, -0.1) is 0 Å². The Hall–Kier alpha value is -0.0800. The van der Waals surface area contributed by atoms with Gasteiger partial charge >= 0.3 is 0 Å². The number of nitrogens with zero attached hydrogens (tertiary/aromatic N) is 1. The van der Waals surface area contributed by atoms with E-state index in [0.29, 0.717) is 4.83 Å². The van der Waals surface area contributed by atoms with Crippen molar-refractivity contribution in [3.8, 4) is 0 Å². The number of pyridine rings is 1. The van der Waals surface area contributed by atoms with E-state index >= 15 is 0 Å². The first-order valence-electron chi connectivity index (χ1n) is 4.47. The minimum absolute atomic E-state index is 0.491. The highest BCUT2D eigenvalue weighted by Gasteiger charge is 2.07. The van der Waals surface area contributed by atoms with Crippen molar-refractivity contribution in [1.82, 2.24) is 4.98 Å². The molecule has 1 unspecified atom stereocenters. The van der Waals surface area contributed by atoms with Crippen LogP contribution in [-0.4, -0.2) is 9.81 Å². The van der Waals surface area contributed by atoms with Crippen molar-refractivity contribution in [3.05, 3.63) is 29.0 Å². The van der Waals surface area contributed by atoms with E-state index in [2.05, 4.69) is 27.8 Å². The van der Waals surface area contributed by atoms with Crippen LogP contribution in [0.3, 0.4) is 0 Å². The molecule has 0 fully saturated rings. The second kappa shape index (κ2) is 5.61. The monoisotopic (exact) mass is 261 g/mol. The number of alkyl halides is 1. The number of hydrogen-bond acceptors (Lipinski definition) is 1. The van der Waals surface area contributed by atoms with E-state index in [1.54, 1.807) is 6.20 Å². The molecule has 72 valence electrons. The third kappa shape index (κ3) is 3.65. The zero-order valence-corrected chi connectivity index (χ0v) is 9.98. The lowest BCUT2D eigenvalue weighted by Gasteiger charge is -2.08. The molecule has 1 heterocycles. The third-order valence-electron chi connectivity index (χ3n) is 1.85. The van der Waals surface area contributed by atoms with Crippen LogP contribution in [0.15, 0.2) is 18.3 Å². The molecule has 1 aromatic heterocycles. The number of halogens is 2. The standard InChI is InChI=1S/C10H13BrClN/c1-2-4-8(11)7-10-9(12)5-3-6-13-10/h3,5-6,8H,2,4,7H2,1H3. The van der Waals surface area contributed by atoms with Gasteiger partial charge in [0.1, 0.15) is 0 Å². The molecule has 0 bridgehead atoms. The van der Waals surface area contributed by atoms with Gasteiger partial charge in [-0.3, -0.25) is 4.98 Å². The minimum atomic E-state index is 0.491. The highest BCUT2D eigenvalue weighted by Crippen LogP contribution is 2.19. The molecule has 0 saturated carbocycles. The van der Waals surface area contributed by atoms with E-state index in [4.69, 9.17) is 11.6 Å². The quantitative estimate of drug-likeness (QED) is 0.751. The van der Waals surface area contributed by atoms with E-state index in [-0.39, 0.29) is 0 Å². The van der Waals surface area contributed by atoms with E-state index in [9.17, 15) is 0 Å². The molecule has 1 nitrogen and oxygen atoms in total. The second-order valence-corrected chi connectivity index (χ2v) is 4.72. The smallest absolute Gasteiger partial charge is 0.0621 e. The first-order valence-corrected chi connectivity index (χ1v) is 5.77. The Balaban J connectivity index is 2.58. The SMILES string of the molecule is CCCC(Br)Cc1ncccc1Cl. The van der Waals surface area contributed by atoms with Crippen LogP contribution in [0.5, 0.6) is 0 Å². The molecule has 0 radical (unpaired) electrons. The zero-order valence-electron chi connectivity index (χ0n) is 7.63. The van der Waals surface area contributed by atoms with Crippen LogP contribution >= 0.6 is 27.5 Å². The molecule has 1 aromatic rings. The number of aromatic nitrogens is 1. The molecule has 0 aromatic carbocycles. The zero-order chi connectivity index (χ0) is 9.68. The average Bonchev–Trinajstić information content (AvgIpc) is 2.09.